The summed E-state index contributed by atoms with van der Waals surface area (Å²) in [4.78, 5) is 12.4. The third kappa shape index (κ3) is 3.52. The lowest BCUT2D eigenvalue weighted by Gasteiger charge is -2.19. The first-order valence-corrected chi connectivity index (χ1v) is 6.75. The van der Waals surface area contributed by atoms with E-state index in [1.54, 1.807) is 0 Å². The molecule has 1 saturated heterocycles. The van der Waals surface area contributed by atoms with Crippen molar-refractivity contribution in [1.29, 1.82) is 0 Å². The van der Waals surface area contributed by atoms with Crippen LogP contribution in [0.25, 0.3) is 0 Å². The average Bonchev–Trinajstić information content (AvgIpc) is 2.83. The van der Waals surface area contributed by atoms with Gasteiger partial charge in [-0.1, -0.05) is 42.5 Å². The molecule has 5 heteroatoms. The SMILES string of the molecule is CC1CC(C(=O)NC(C(N)=S)c2ccccc2)CO1. The van der Waals surface area contributed by atoms with Crippen LogP contribution in [0.2, 0.25) is 0 Å². The number of amides is 1. The van der Waals surface area contributed by atoms with Crippen LogP contribution in [0, 0.1) is 5.92 Å². The summed E-state index contributed by atoms with van der Waals surface area (Å²) in [6.07, 6.45) is 0.876. The third-order valence-electron chi connectivity index (χ3n) is 3.27. The van der Waals surface area contributed by atoms with Gasteiger partial charge in [0.05, 0.1) is 18.6 Å². The Kier molecular flexibility index (Phi) is 4.50. The van der Waals surface area contributed by atoms with Crippen molar-refractivity contribution in [3.05, 3.63) is 35.9 Å². The van der Waals surface area contributed by atoms with Gasteiger partial charge in [-0.3, -0.25) is 4.79 Å². The van der Waals surface area contributed by atoms with Crippen molar-refractivity contribution in [2.75, 3.05) is 6.61 Å². The summed E-state index contributed by atoms with van der Waals surface area (Å²) in [7, 11) is 0. The molecular weight excluding hydrogens is 260 g/mol. The molecule has 102 valence electrons. The Morgan fingerprint density at radius 3 is 2.68 bits per heavy atom. The molecule has 0 bridgehead atoms. The van der Waals surface area contributed by atoms with Crippen molar-refractivity contribution >= 4 is 23.1 Å². The molecule has 19 heavy (non-hydrogen) atoms. The second-order valence-corrected chi connectivity index (χ2v) is 5.30. The largest absolute Gasteiger partial charge is 0.391 e. The number of nitrogens with one attached hydrogen (secondary N) is 1. The highest BCUT2D eigenvalue weighted by atomic mass is 32.1. The minimum absolute atomic E-state index is 0.0500. The Bertz CT molecular complexity index is 464. The normalized spacial score (nSPS) is 23.8. The summed E-state index contributed by atoms with van der Waals surface area (Å²) in [5.41, 5.74) is 6.63. The van der Waals surface area contributed by atoms with E-state index in [2.05, 4.69) is 5.32 Å². The van der Waals surface area contributed by atoms with Crippen LogP contribution in [0.4, 0.5) is 0 Å². The molecule has 3 atom stereocenters. The molecule has 1 aromatic rings. The highest BCUT2D eigenvalue weighted by molar-refractivity contribution is 7.80. The molecule has 1 aliphatic rings. The minimum Gasteiger partial charge on any atom is -0.391 e. The predicted molar refractivity (Wildman–Crippen MR) is 77.6 cm³/mol. The van der Waals surface area contributed by atoms with Crippen LogP contribution in [0.3, 0.4) is 0 Å². The summed E-state index contributed by atoms with van der Waals surface area (Å²) in [5, 5.41) is 2.91. The summed E-state index contributed by atoms with van der Waals surface area (Å²) in [6.45, 7) is 2.43. The standard InChI is InChI=1S/C14H18N2O2S/c1-9-7-11(8-18-9)14(17)16-12(13(15)19)10-5-3-2-4-6-10/h2-6,9,11-12H,7-8H2,1H3,(H2,15,19)(H,16,17). The monoisotopic (exact) mass is 278 g/mol. The Labute approximate surface area is 118 Å². The van der Waals surface area contributed by atoms with E-state index in [0.717, 1.165) is 12.0 Å². The van der Waals surface area contributed by atoms with Gasteiger partial charge < -0.3 is 15.8 Å². The van der Waals surface area contributed by atoms with Crippen molar-refractivity contribution in [3.8, 4) is 0 Å². The Morgan fingerprint density at radius 2 is 2.16 bits per heavy atom. The molecule has 1 amide bonds. The number of thiocarbonyl (C=S) groups is 1. The van der Waals surface area contributed by atoms with Gasteiger partial charge in [0, 0.05) is 0 Å². The second-order valence-electron chi connectivity index (χ2n) is 4.83. The Hall–Kier alpha value is -1.46. The lowest BCUT2D eigenvalue weighted by Crippen LogP contribution is -2.40. The van der Waals surface area contributed by atoms with Crippen LogP contribution in [0.5, 0.6) is 0 Å². The number of carbonyl (C=O) groups excluding carboxylic acids is 1. The molecule has 1 aliphatic heterocycles. The molecule has 3 N–H and O–H groups in total. The van der Waals surface area contributed by atoms with E-state index in [1.807, 2.05) is 37.3 Å². The first-order chi connectivity index (χ1) is 9.08. The molecule has 0 radical (unpaired) electrons. The minimum atomic E-state index is -0.417. The average molecular weight is 278 g/mol. The zero-order chi connectivity index (χ0) is 13.8. The molecule has 0 aliphatic carbocycles. The van der Waals surface area contributed by atoms with Gasteiger partial charge in [-0.25, -0.2) is 0 Å². The number of carbonyl (C=O) groups is 1. The molecule has 0 aromatic heterocycles. The first-order valence-electron chi connectivity index (χ1n) is 6.34. The molecule has 1 fully saturated rings. The Balaban J connectivity index is 2.05. The molecular formula is C14H18N2O2S. The van der Waals surface area contributed by atoms with Gasteiger partial charge >= 0.3 is 0 Å². The molecule has 2 rings (SSSR count). The summed E-state index contributed by atoms with van der Waals surface area (Å²) in [5.74, 6) is -0.165. The fourth-order valence-corrected chi connectivity index (χ4v) is 2.42. The van der Waals surface area contributed by atoms with Crippen molar-refractivity contribution in [1.82, 2.24) is 5.32 Å². The van der Waals surface area contributed by atoms with E-state index in [9.17, 15) is 4.79 Å². The van der Waals surface area contributed by atoms with Crippen LogP contribution < -0.4 is 11.1 Å². The number of nitrogens with two attached hydrogens (primary N) is 1. The smallest absolute Gasteiger partial charge is 0.226 e. The van der Waals surface area contributed by atoms with E-state index in [1.165, 1.54) is 0 Å². The second kappa shape index (κ2) is 6.12. The van der Waals surface area contributed by atoms with Crippen LogP contribution in [-0.2, 0) is 9.53 Å². The fourth-order valence-electron chi connectivity index (χ4n) is 2.22. The van der Waals surface area contributed by atoms with E-state index in [0.29, 0.717) is 6.61 Å². The van der Waals surface area contributed by atoms with Gasteiger partial charge in [0.2, 0.25) is 5.91 Å². The highest BCUT2D eigenvalue weighted by Crippen LogP contribution is 2.21. The van der Waals surface area contributed by atoms with E-state index in [4.69, 9.17) is 22.7 Å². The lowest BCUT2D eigenvalue weighted by molar-refractivity contribution is -0.125. The van der Waals surface area contributed by atoms with Gasteiger partial charge in [0.15, 0.2) is 0 Å². The van der Waals surface area contributed by atoms with Crippen molar-refractivity contribution < 1.29 is 9.53 Å². The maximum Gasteiger partial charge on any atom is 0.226 e. The summed E-state index contributed by atoms with van der Waals surface area (Å²) in [6, 6.07) is 9.09. The summed E-state index contributed by atoms with van der Waals surface area (Å²) >= 11 is 5.05. The number of hydrogen-bond donors (Lipinski definition) is 2. The quantitative estimate of drug-likeness (QED) is 0.820. The first kappa shape index (κ1) is 14.0. The zero-order valence-electron chi connectivity index (χ0n) is 10.8. The van der Waals surface area contributed by atoms with Gasteiger partial charge in [-0.05, 0) is 18.9 Å². The van der Waals surface area contributed by atoms with Crippen molar-refractivity contribution in [2.24, 2.45) is 11.7 Å². The molecule has 0 spiro atoms. The third-order valence-corrected chi connectivity index (χ3v) is 3.51. The van der Waals surface area contributed by atoms with Gasteiger partial charge in [0.1, 0.15) is 11.0 Å². The van der Waals surface area contributed by atoms with Crippen LogP contribution >= 0.6 is 12.2 Å². The van der Waals surface area contributed by atoms with Crippen LogP contribution in [0.1, 0.15) is 24.9 Å². The van der Waals surface area contributed by atoms with Gasteiger partial charge in [-0.2, -0.15) is 0 Å². The molecule has 1 heterocycles. The van der Waals surface area contributed by atoms with E-state index < -0.39 is 6.04 Å². The zero-order valence-corrected chi connectivity index (χ0v) is 11.7. The molecule has 3 unspecified atom stereocenters. The molecule has 4 nitrogen and oxygen atoms in total. The van der Waals surface area contributed by atoms with Crippen molar-refractivity contribution in [2.45, 2.75) is 25.5 Å². The molecule has 0 saturated carbocycles. The number of hydrogen-bond acceptors (Lipinski definition) is 3. The maximum absolute atomic E-state index is 12.2. The number of rotatable bonds is 4. The van der Waals surface area contributed by atoms with Crippen molar-refractivity contribution in [3.63, 3.8) is 0 Å². The number of benzene rings is 1. The van der Waals surface area contributed by atoms with E-state index >= 15 is 0 Å². The molecule has 1 aromatic carbocycles. The fraction of sp³-hybridized carbons (Fsp3) is 0.429. The van der Waals surface area contributed by atoms with E-state index in [-0.39, 0.29) is 22.9 Å². The van der Waals surface area contributed by atoms with Gasteiger partial charge in [0.25, 0.3) is 0 Å². The van der Waals surface area contributed by atoms with Crippen LogP contribution in [0.15, 0.2) is 30.3 Å². The van der Waals surface area contributed by atoms with Gasteiger partial charge in [-0.15, -0.1) is 0 Å². The summed E-state index contributed by atoms with van der Waals surface area (Å²) < 4.78 is 5.41. The van der Waals surface area contributed by atoms with Crippen LogP contribution in [-0.4, -0.2) is 23.6 Å². The highest BCUT2D eigenvalue weighted by Gasteiger charge is 2.30. The predicted octanol–water partition coefficient (Wildman–Crippen LogP) is 1.56. The maximum atomic E-state index is 12.2. The number of ether oxygens (including phenoxy) is 1. The topological polar surface area (TPSA) is 64.4 Å². The Morgan fingerprint density at radius 1 is 1.47 bits per heavy atom. The lowest BCUT2D eigenvalue weighted by atomic mass is 10.0.